The molecule has 1 fully saturated rings. The second-order valence-electron chi connectivity index (χ2n) is 12.3. The molecule has 3 aromatic carbocycles. The molecule has 46 heavy (non-hydrogen) atoms. The maximum Gasteiger partial charge on any atom is 0.410 e. The molecule has 1 aliphatic heterocycles. The summed E-state index contributed by atoms with van der Waals surface area (Å²) in [6.45, 7) is 6.51. The number of aromatic nitrogens is 3. The molecule has 10 heteroatoms. The average Bonchev–Trinajstić information content (AvgIpc) is 3.47. The van der Waals surface area contributed by atoms with E-state index in [1.54, 1.807) is 27.1 Å². The van der Waals surface area contributed by atoms with Gasteiger partial charge in [0, 0.05) is 18.3 Å². The number of likely N-dealkylation sites (tertiary alicyclic amines) is 1. The third-order valence-corrected chi connectivity index (χ3v) is 7.61. The van der Waals surface area contributed by atoms with Crippen LogP contribution < -0.4 is 14.8 Å². The number of amides is 1. The molecular formula is C36H38FN5O4. The van der Waals surface area contributed by atoms with Crippen LogP contribution in [-0.2, 0) is 18.0 Å². The first-order valence-corrected chi connectivity index (χ1v) is 15.4. The fraction of sp³-hybridized carbons (Fsp3) is 0.306. The third kappa shape index (κ3) is 7.56. The number of nitrogens with one attached hydrogen (secondary N) is 1. The Kier molecular flexibility index (Phi) is 9.05. The molecule has 1 N–H and O–H groups in total. The zero-order valence-electron chi connectivity index (χ0n) is 26.2. The molecule has 0 radical (unpaired) electrons. The Balaban J connectivity index is 1.19. The van der Waals surface area contributed by atoms with Crippen molar-refractivity contribution in [3.8, 4) is 17.4 Å². The smallest absolute Gasteiger partial charge is 0.410 e. The molecule has 0 saturated carbocycles. The Hall–Kier alpha value is -5.12. The third-order valence-electron chi connectivity index (χ3n) is 7.61. The number of halogens is 1. The minimum absolute atomic E-state index is 0.0206. The Morgan fingerprint density at radius 3 is 2.30 bits per heavy atom. The fourth-order valence-corrected chi connectivity index (χ4v) is 5.31. The molecule has 0 spiro atoms. The number of rotatable bonds is 9. The SMILES string of the molecule is CC(C)(C)OC(=O)N1CC[C@H](Nc2ccc3c(c2)ncn3-c2ccc(OCc3ccccc3)nc2OCc2ccccc2)[C@@H](F)C1. The minimum atomic E-state index is -1.24. The quantitative estimate of drug-likeness (QED) is 0.184. The first-order chi connectivity index (χ1) is 22.2. The molecule has 3 heterocycles. The van der Waals surface area contributed by atoms with E-state index >= 15 is 4.39 Å². The summed E-state index contributed by atoms with van der Waals surface area (Å²) >= 11 is 0. The summed E-state index contributed by atoms with van der Waals surface area (Å²) in [5, 5.41) is 3.31. The highest BCUT2D eigenvalue weighted by Crippen LogP contribution is 2.30. The van der Waals surface area contributed by atoms with Crippen molar-refractivity contribution in [2.75, 3.05) is 18.4 Å². The summed E-state index contributed by atoms with van der Waals surface area (Å²) in [5.74, 6) is 0.859. The van der Waals surface area contributed by atoms with Gasteiger partial charge in [0.25, 0.3) is 0 Å². The lowest BCUT2D eigenvalue weighted by Gasteiger charge is -2.36. The number of ether oxygens (including phenoxy) is 3. The molecule has 1 amide bonds. The van der Waals surface area contributed by atoms with Crippen LogP contribution in [0.5, 0.6) is 11.8 Å². The van der Waals surface area contributed by atoms with Crippen molar-refractivity contribution in [1.29, 1.82) is 0 Å². The van der Waals surface area contributed by atoms with Crippen molar-refractivity contribution < 1.29 is 23.4 Å². The normalized spacial score (nSPS) is 16.7. The molecule has 2 aromatic heterocycles. The van der Waals surface area contributed by atoms with Gasteiger partial charge in [-0.1, -0.05) is 60.7 Å². The molecule has 5 aromatic rings. The summed E-state index contributed by atoms with van der Waals surface area (Å²) in [5.41, 5.74) is 4.46. The highest BCUT2D eigenvalue weighted by molar-refractivity contribution is 5.81. The van der Waals surface area contributed by atoms with E-state index in [2.05, 4.69) is 10.3 Å². The molecule has 0 bridgehead atoms. The van der Waals surface area contributed by atoms with Crippen molar-refractivity contribution in [3.63, 3.8) is 0 Å². The van der Waals surface area contributed by atoms with E-state index in [0.717, 1.165) is 27.8 Å². The summed E-state index contributed by atoms with van der Waals surface area (Å²) in [4.78, 5) is 23.2. The molecule has 238 valence electrons. The number of anilines is 1. The van der Waals surface area contributed by atoms with Crippen molar-refractivity contribution >= 4 is 22.8 Å². The van der Waals surface area contributed by atoms with Gasteiger partial charge in [-0.3, -0.25) is 4.57 Å². The van der Waals surface area contributed by atoms with Gasteiger partial charge in [0.05, 0.1) is 23.6 Å². The lowest BCUT2D eigenvalue weighted by Crippen LogP contribution is -2.51. The van der Waals surface area contributed by atoms with Crippen molar-refractivity contribution in [2.24, 2.45) is 0 Å². The summed E-state index contributed by atoms with van der Waals surface area (Å²) in [6, 6.07) is 28.9. The number of nitrogens with zero attached hydrogens (tertiary/aromatic N) is 4. The number of hydrogen-bond donors (Lipinski definition) is 1. The first kappa shape index (κ1) is 30.9. The standard InChI is InChI=1S/C36H38FN5O4/c1-36(2,3)46-35(43)41-19-18-29(28(37)21-41)39-27-14-15-31-30(20-27)38-24-42(31)32-16-17-33(44-22-25-10-6-4-7-11-25)40-34(32)45-23-26-12-8-5-9-13-26/h4-17,20,24,28-29,39H,18-19,21-23H2,1-3H3/t28-,29-/m0/s1. The topological polar surface area (TPSA) is 90.7 Å². The molecule has 9 nitrogen and oxygen atoms in total. The van der Waals surface area contributed by atoms with Crippen molar-refractivity contribution in [3.05, 3.63) is 108 Å². The molecule has 0 unspecified atom stereocenters. The van der Waals surface area contributed by atoms with Gasteiger partial charge in [-0.2, -0.15) is 4.98 Å². The van der Waals surface area contributed by atoms with E-state index in [-0.39, 0.29) is 6.54 Å². The van der Waals surface area contributed by atoms with Gasteiger partial charge in [-0.25, -0.2) is 14.2 Å². The number of fused-ring (bicyclic) bond motifs is 1. The fourth-order valence-electron chi connectivity index (χ4n) is 5.31. The zero-order chi connectivity index (χ0) is 32.1. The van der Waals surface area contributed by atoms with Crippen LogP contribution in [0, 0.1) is 0 Å². The van der Waals surface area contributed by atoms with E-state index in [1.165, 1.54) is 4.90 Å². The van der Waals surface area contributed by atoms with Crippen LogP contribution in [0.1, 0.15) is 38.3 Å². The Morgan fingerprint density at radius 1 is 0.935 bits per heavy atom. The van der Waals surface area contributed by atoms with E-state index < -0.39 is 23.9 Å². The molecule has 6 rings (SSSR count). The predicted molar refractivity (Wildman–Crippen MR) is 175 cm³/mol. The number of alkyl halides is 1. The van der Waals surface area contributed by atoms with Crippen LogP contribution in [-0.4, -0.2) is 56.4 Å². The van der Waals surface area contributed by atoms with Gasteiger partial charge in [-0.05, 0) is 62.6 Å². The lowest BCUT2D eigenvalue weighted by molar-refractivity contribution is 0.0125. The number of carbonyl (C=O) groups excluding carboxylic acids is 1. The van der Waals surface area contributed by atoms with Gasteiger partial charge in [0.2, 0.25) is 11.8 Å². The first-order valence-electron chi connectivity index (χ1n) is 15.4. The van der Waals surface area contributed by atoms with Gasteiger partial charge >= 0.3 is 6.09 Å². The van der Waals surface area contributed by atoms with Gasteiger partial charge in [0.15, 0.2) is 0 Å². The van der Waals surface area contributed by atoms with Crippen LogP contribution in [0.4, 0.5) is 14.9 Å². The minimum Gasteiger partial charge on any atom is -0.473 e. The molecule has 1 aliphatic rings. The maximum absolute atomic E-state index is 15.2. The predicted octanol–water partition coefficient (Wildman–Crippen LogP) is 7.34. The number of pyridine rings is 1. The molecule has 1 saturated heterocycles. The van der Waals surface area contributed by atoms with E-state index in [0.29, 0.717) is 43.6 Å². The van der Waals surface area contributed by atoms with Gasteiger partial charge < -0.3 is 24.4 Å². The van der Waals surface area contributed by atoms with Crippen LogP contribution >= 0.6 is 0 Å². The highest BCUT2D eigenvalue weighted by Gasteiger charge is 2.33. The number of carbonyl (C=O) groups is 1. The number of hydrogen-bond acceptors (Lipinski definition) is 7. The molecular weight excluding hydrogens is 585 g/mol. The monoisotopic (exact) mass is 623 g/mol. The van der Waals surface area contributed by atoms with Crippen LogP contribution in [0.3, 0.4) is 0 Å². The Labute approximate surface area is 267 Å². The number of benzene rings is 3. The average molecular weight is 624 g/mol. The van der Waals surface area contributed by atoms with Crippen molar-refractivity contribution in [2.45, 2.75) is 58.2 Å². The number of imidazole rings is 1. The summed E-state index contributed by atoms with van der Waals surface area (Å²) < 4.78 is 34.8. The van der Waals surface area contributed by atoms with Crippen LogP contribution in [0.15, 0.2) is 97.3 Å². The molecule has 2 atom stereocenters. The van der Waals surface area contributed by atoms with Crippen LogP contribution in [0.2, 0.25) is 0 Å². The van der Waals surface area contributed by atoms with Gasteiger partial charge in [0.1, 0.15) is 37.0 Å². The van der Waals surface area contributed by atoms with E-state index in [1.807, 2.05) is 95.6 Å². The van der Waals surface area contributed by atoms with Crippen molar-refractivity contribution in [1.82, 2.24) is 19.4 Å². The summed E-state index contributed by atoms with van der Waals surface area (Å²) in [7, 11) is 0. The Bertz CT molecular complexity index is 1770. The van der Waals surface area contributed by atoms with E-state index in [4.69, 9.17) is 19.2 Å². The lowest BCUT2D eigenvalue weighted by atomic mass is 10.0. The zero-order valence-corrected chi connectivity index (χ0v) is 26.2. The molecule has 0 aliphatic carbocycles. The van der Waals surface area contributed by atoms with Crippen LogP contribution in [0.25, 0.3) is 16.7 Å². The van der Waals surface area contributed by atoms with Gasteiger partial charge in [-0.15, -0.1) is 0 Å². The second-order valence-corrected chi connectivity index (χ2v) is 12.3. The maximum atomic E-state index is 15.2. The number of piperidine rings is 1. The Morgan fingerprint density at radius 2 is 1.63 bits per heavy atom. The van der Waals surface area contributed by atoms with E-state index in [9.17, 15) is 4.79 Å². The highest BCUT2D eigenvalue weighted by atomic mass is 19.1. The largest absolute Gasteiger partial charge is 0.473 e. The second kappa shape index (κ2) is 13.5. The summed E-state index contributed by atoms with van der Waals surface area (Å²) in [6.07, 6.45) is 0.451.